The summed E-state index contributed by atoms with van der Waals surface area (Å²) in [6.07, 6.45) is 4.00. The summed E-state index contributed by atoms with van der Waals surface area (Å²) in [6.45, 7) is 4.00. The topological polar surface area (TPSA) is 71.1 Å². The maximum absolute atomic E-state index is 12.4. The Morgan fingerprint density at radius 1 is 1.08 bits per heavy atom. The van der Waals surface area contributed by atoms with Crippen molar-refractivity contribution in [2.75, 3.05) is 6.54 Å². The molecule has 0 aliphatic heterocycles. The van der Waals surface area contributed by atoms with Gasteiger partial charge in [0.15, 0.2) is 0 Å². The molecule has 2 rings (SSSR count). The first kappa shape index (κ1) is 18.9. The van der Waals surface area contributed by atoms with Gasteiger partial charge in [-0.15, -0.1) is 0 Å². The van der Waals surface area contributed by atoms with Crippen LogP contribution in [0.5, 0.6) is 0 Å². The van der Waals surface area contributed by atoms with Gasteiger partial charge in [0, 0.05) is 30.5 Å². The molecule has 25 heavy (non-hydrogen) atoms. The Morgan fingerprint density at radius 2 is 1.80 bits per heavy atom. The van der Waals surface area contributed by atoms with Gasteiger partial charge in [-0.1, -0.05) is 29.8 Å². The predicted octanol–water partition coefficient (Wildman–Crippen LogP) is 2.74. The van der Waals surface area contributed by atoms with E-state index in [-0.39, 0.29) is 11.8 Å². The van der Waals surface area contributed by atoms with Gasteiger partial charge < -0.3 is 10.6 Å². The molecule has 0 saturated carbocycles. The zero-order chi connectivity index (χ0) is 18.3. The van der Waals surface area contributed by atoms with Crippen LogP contribution < -0.4 is 10.6 Å². The lowest BCUT2D eigenvalue weighted by molar-refractivity contribution is -0.141. The molecule has 0 aliphatic carbocycles. The maximum Gasteiger partial charge on any atom is 0.235 e. The van der Waals surface area contributed by atoms with E-state index in [2.05, 4.69) is 15.6 Å². The lowest BCUT2D eigenvalue weighted by Crippen LogP contribution is -2.48. The Morgan fingerprint density at radius 3 is 2.48 bits per heavy atom. The van der Waals surface area contributed by atoms with Crippen molar-refractivity contribution in [1.29, 1.82) is 0 Å². The van der Waals surface area contributed by atoms with Crippen LogP contribution in [0.25, 0.3) is 0 Å². The standard InChI is InChI=1S/C19H22ClN3O2/c1-19(2,18(25)23-13-15-6-4-9-21-12-15)17(24)22-10-8-14-5-3-7-16(20)11-14/h3-7,9,11-12H,8,10,13H2,1-2H3,(H,22,24)(H,23,25). The van der Waals surface area contributed by atoms with E-state index in [9.17, 15) is 9.59 Å². The molecular weight excluding hydrogens is 338 g/mol. The highest BCUT2D eigenvalue weighted by Crippen LogP contribution is 2.16. The van der Waals surface area contributed by atoms with E-state index in [0.29, 0.717) is 24.5 Å². The minimum Gasteiger partial charge on any atom is -0.355 e. The number of aromatic nitrogens is 1. The van der Waals surface area contributed by atoms with Crippen molar-refractivity contribution in [3.05, 3.63) is 64.9 Å². The summed E-state index contributed by atoms with van der Waals surface area (Å²) in [5, 5.41) is 6.26. The van der Waals surface area contributed by atoms with Gasteiger partial charge in [-0.2, -0.15) is 0 Å². The van der Waals surface area contributed by atoms with Gasteiger partial charge in [0.05, 0.1) is 0 Å². The highest BCUT2D eigenvalue weighted by molar-refractivity contribution is 6.30. The summed E-state index contributed by atoms with van der Waals surface area (Å²) in [5.74, 6) is -0.630. The third-order valence-corrected chi connectivity index (χ3v) is 4.13. The van der Waals surface area contributed by atoms with E-state index in [1.165, 1.54) is 0 Å². The first-order valence-electron chi connectivity index (χ1n) is 8.09. The number of carbonyl (C=O) groups is 2. The number of carbonyl (C=O) groups excluding carboxylic acids is 2. The van der Waals surface area contributed by atoms with E-state index >= 15 is 0 Å². The van der Waals surface area contributed by atoms with Crippen LogP contribution in [0.2, 0.25) is 5.02 Å². The molecular formula is C19H22ClN3O2. The molecule has 0 unspecified atom stereocenters. The van der Waals surface area contributed by atoms with Crippen LogP contribution in [-0.2, 0) is 22.6 Å². The van der Waals surface area contributed by atoms with Gasteiger partial charge in [0.25, 0.3) is 0 Å². The van der Waals surface area contributed by atoms with Crippen LogP contribution in [0, 0.1) is 5.41 Å². The Hall–Kier alpha value is -2.40. The quantitative estimate of drug-likeness (QED) is 0.747. The third kappa shape index (κ3) is 5.57. The lowest BCUT2D eigenvalue weighted by atomic mass is 9.91. The number of amides is 2. The van der Waals surface area contributed by atoms with Crippen molar-refractivity contribution in [3.8, 4) is 0 Å². The van der Waals surface area contributed by atoms with Gasteiger partial charge in [-0.3, -0.25) is 14.6 Å². The zero-order valence-corrected chi connectivity index (χ0v) is 15.1. The molecule has 1 aromatic carbocycles. The smallest absolute Gasteiger partial charge is 0.235 e. The Balaban J connectivity index is 1.82. The van der Waals surface area contributed by atoms with Crippen molar-refractivity contribution in [3.63, 3.8) is 0 Å². The average molecular weight is 360 g/mol. The molecule has 6 heteroatoms. The minimum atomic E-state index is -1.16. The second-order valence-electron chi connectivity index (χ2n) is 6.30. The molecule has 2 aromatic rings. The van der Waals surface area contributed by atoms with Crippen LogP contribution in [0.3, 0.4) is 0 Å². The van der Waals surface area contributed by atoms with Crippen LogP contribution >= 0.6 is 11.6 Å². The van der Waals surface area contributed by atoms with E-state index in [4.69, 9.17) is 11.6 Å². The summed E-state index contributed by atoms with van der Waals surface area (Å²) in [5.41, 5.74) is 0.760. The van der Waals surface area contributed by atoms with Crippen LogP contribution in [-0.4, -0.2) is 23.3 Å². The van der Waals surface area contributed by atoms with Crippen LogP contribution in [0.15, 0.2) is 48.8 Å². The first-order chi connectivity index (χ1) is 11.9. The maximum atomic E-state index is 12.4. The predicted molar refractivity (Wildman–Crippen MR) is 98.0 cm³/mol. The van der Waals surface area contributed by atoms with Gasteiger partial charge in [-0.25, -0.2) is 0 Å². The molecule has 0 spiro atoms. The number of benzene rings is 1. The van der Waals surface area contributed by atoms with E-state index < -0.39 is 5.41 Å². The zero-order valence-electron chi connectivity index (χ0n) is 14.4. The van der Waals surface area contributed by atoms with E-state index in [1.807, 2.05) is 24.3 Å². The van der Waals surface area contributed by atoms with Gasteiger partial charge in [-0.05, 0) is 49.6 Å². The monoisotopic (exact) mass is 359 g/mol. The summed E-state index contributed by atoms with van der Waals surface area (Å²) in [4.78, 5) is 28.7. The average Bonchev–Trinajstić information content (AvgIpc) is 2.60. The van der Waals surface area contributed by atoms with Crippen LogP contribution in [0.4, 0.5) is 0 Å². The number of nitrogens with zero attached hydrogens (tertiary/aromatic N) is 1. The molecule has 0 saturated heterocycles. The number of rotatable bonds is 7. The molecule has 1 heterocycles. The molecule has 0 fully saturated rings. The molecule has 0 radical (unpaired) electrons. The molecule has 0 bridgehead atoms. The number of halogens is 1. The van der Waals surface area contributed by atoms with E-state index in [1.54, 1.807) is 38.4 Å². The van der Waals surface area contributed by atoms with Gasteiger partial charge in [0.2, 0.25) is 11.8 Å². The SMILES string of the molecule is CC(C)(C(=O)NCCc1cccc(Cl)c1)C(=O)NCc1cccnc1. The van der Waals surface area contributed by atoms with Crippen molar-refractivity contribution in [1.82, 2.24) is 15.6 Å². The van der Waals surface area contributed by atoms with Gasteiger partial charge >= 0.3 is 0 Å². The number of hydrogen-bond acceptors (Lipinski definition) is 3. The fourth-order valence-electron chi connectivity index (χ4n) is 2.24. The first-order valence-corrected chi connectivity index (χ1v) is 8.47. The Bertz CT molecular complexity index is 732. The Labute approximate surface area is 152 Å². The normalized spacial score (nSPS) is 11.0. The Kier molecular flexibility index (Phi) is 6.53. The summed E-state index contributed by atoms with van der Waals surface area (Å²) >= 11 is 5.94. The van der Waals surface area contributed by atoms with Crippen molar-refractivity contribution in [2.45, 2.75) is 26.8 Å². The van der Waals surface area contributed by atoms with Gasteiger partial charge in [0.1, 0.15) is 5.41 Å². The molecule has 1 aromatic heterocycles. The van der Waals surface area contributed by atoms with Crippen molar-refractivity contribution < 1.29 is 9.59 Å². The highest BCUT2D eigenvalue weighted by atomic mass is 35.5. The molecule has 2 N–H and O–H groups in total. The summed E-state index contributed by atoms with van der Waals surface area (Å²) < 4.78 is 0. The number of hydrogen-bond donors (Lipinski definition) is 2. The number of nitrogens with one attached hydrogen (secondary N) is 2. The second-order valence-corrected chi connectivity index (χ2v) is 6.74. The van der Waals surface area contributed by atoms with Crippen molar-refractivity contribution in [2.24, 2.45) is 5.41 Å². The largest absolute Gasteiger partial charge is 0.355 e. The highest BCUT2D eigenvalue weighted by Gasteiger charge is 2.35. The number of pyridine rings is 1. The molecule has 2 amide bonds. The summed E-state index contributed by atoms with van der Waals surface area (Å²) in [6, 6.07) is 11.2. The summed E-state index contributed by atoms with van der Waals surface area (Å²) in [7, 11) is 0. The lowest BCUT2D eigenvalue weighted by Gasteiger charge is -2.22. The fraction of sp³-hybridized carbons (Fsp3) is 0.316. The molecule has 5 nitrogen and oxygen atoms in total. The van der Waals surface area contributed by atoms with E-state index in [0.717, 1.165) is 11.1 Å². The molecule has 0 atom stereocenters. The third-order valence-electron chi connectivity index (χ3n) is 3.90. The second kappa shape index (κ2) is 8.62. The fourth-order valence-corrected chi connectivity index (χ4v) is 2.46. The van der Waals surface area contributed by atoms with Crippen molar-refractivity contribution >= 4 is 23.4 Å². The molecule has 132 valence electrons. The molecule has 0 aliphatic rings. The minimum absolute atomic E-state index is 0.307. The van der Waals surface area contributed by atoms with Crippen LogP contribution in [0.1, 0.15) is 25.0 Å².